The van der Waals surface area contributed by atoms with Crippen LogP contribution in [-0.2, 0) is 15.4 Å². The van der Waals surface area contributed by atoms with E-state index in [-0.39, 0.29) is 23.9 Å². The topological polar surface area (TPSA) is 72.2 Å². The molecule has 0 spiro atoms. The molecule has 126 valence electrons. The Kier molecular flexibility index (Phi) is 6.45. The Morgan fingerprint density at radius 1 is 1.27 bits per heavy atom. The number of nitrogens with two attached hydrogens (primary N) is 1. The third-order valence-electron chi connectivity index (χ3n) is 4.58. The molecule has 4 nitrogen and oxygen atoms in total. The Morgan fingerprint density at radius 3 is 2.23 bits per heavy atom. The van der Waals surface area contributed by atoms with Crippen LogP contribution in [0, 0.1) is 5.92 Å². The second-order valence-corrected chi connectivity index (χ2v) is 8.28. The maximum atomic E-state index is 12.4. The van der Waals surface area contributed by atoms with E-state index in [0.29, 0.717) is 17.4 Å². The summed E-state index contributed by atoms with van der Waals surface area (Å²) in [6, 6.07) is 7.06. The van der Waals surface area contributed by atoms with Gasteiger partial charge in [-0.25, -0.2) is 13.1 Å². The van der Waals surface area contributed by atoms with Crippen molar-refractivity contribution >= 4 is 22.4 Å². The summed E-state index contributed by atoms with van der Waals surface area (Å²) in [5.74, 6) is 0.406. The summed E-state index contributed by atoms with van der Waals surface area (Å²) in [6.45, 7) is 6.80. The fourth-order valence-electron chi connectivity index (χ4n) is 2.39. The molecule has 1 aliphatic rings. The van der Waals surface area contributed by atoms with Crippen LogP contribution in [0.15, 0.2) is 29.2 Å². The van der Waals surface area contributed by atoms with Gasteiger partial charge in [-0.1, -0.05) is 32.9 Å². The van der Waals surface area contributed by atoms with Gasteiger partial charge in [0.2, 0.25) is 10.0 Å². The fraction of sp³-hybridized carbons (Fsp3) is 0.625. The minimum atomic E-state index is -3.48. The van der Waals surface area contributed by atoms with Crippen LogP contribution in [0.1, 0.15) is 45.6 Å². The molecule has 0 saturated heterocycles. The smallest absolute Gasteiger partial charge is 0.240 e. The third-order valence-corrected chi connectivity index (χ3v) is 6.09. The first-order valence-corrected chi connectivity index (χ1v) is 9.11. The summed E-state index contributed by atoms with van der Waals surface area (Å²) in [6.07, 6.45) is 3.14. The molecule has 6 heteroatoms. The van der Waals surface area contributed by atoms with E-state index in [9.17, 15) is 8.42 Å². The number of hydrogen-bond donors (Lipinski definition) is 2. The van der Waals surface area contributed by atoms with Crippen LogP contribution in [0.2, 0.25) is 0 Å². The predicted octanol–water partition coefficient (Wildman–Crippen LogP) is 2.81. The van der Waals surface area contributed by atoms with Crippen molar-refractivity contribution in [1.82, 2.24) is 4.72 Å². The molecule has 0 radical (unpaired) electrons. The van der Waals surface area contributed by atoms with Crippen molar-refractivity contribution in [3.05, 3.63) is 29.8 Å². The normalized spacial score (nSPS) is 16.9. The van der Waals surface area contributed by atoms with Gasteiger partial charge in [-0.2, -0.15) is 0 Å². The summed E-state index contributed by atoms with van der Waals surface area (Å²) in [5, 5.41) is 0. The molecule has 2 rings (SSSR count). The fourth-order valence-corrected chi connectivity index (χ4v) is 3.71. The molecule has 0 aliphatic heterocycles. The zero-order valence-electron chi connectivity index (χ0n) is 13.5. The Balaban J connectivity index is 0.00000242. The first-order chi connectivity index (χ1) is 9.80. The van der Waals surface area contributed by atoms with E-state index in [2.05, 4.69) is 25.5 Å². The van der Waals surface area contributed by atoms with Gasteiger partial charge in [-0.05, 0) is 48.3 Å². The van der Waals surface area contributed by atoms with Crippen LogP contribution in [-0.4, -0.2) is 21.0 Å². The van der Waals surface area contributed by atoms with Gasteiger partial charge in [0.1, 0.15) is 0 Å². The predicted molar refractivity (Wildman–Crippen MR) is 92.9 cm³/mol. The number of nitrogens with one attached hydrogen (secondary N) is 1. The van der Waals surface area contributed by atoms with Gasteiger partial charge in [0.05, 0.1) is 4.90 Å². The van der Waals surface area contributed by atoms with Gasteiger partial charge >= 0.3 is 0 Å². The minimum Gasteiger partial charge on any atom is -0.329 e. The number of benzene rings is 1. The molecular formula is C16H27ClN2O2S. The van der Waals surface area contributed by atoms with Crippen molar-refractivity contribution < 1.29 is 8.42 Å². The zero-order valence-corrected chi connectivity index (χ0v) is 15.1. The van der Waals surface area contributed by atoms with Gasteiger partial charge in [0, 0.05) is 12.6 Å². The molecule has 3 N–H and O–H groups in total. The molecule has 1 unspecified atom stereocenters. The van der Waals surface area contributed by atoms with Crippen LogP contribution in [0.4, 0.5) is 0 Å². The molecule has 0 heterocycles. The Morgan fingerprint density at radius 2 is 1.82 bits per heavy atom. The molecule has 0 amide bonds. The van der Waals surface area contributed by atoms with Crippen molar-refractivity contribution in [2.24, 2.45) is 11.7 Å². The lowest BCUT2D eigenvalue weighted by molar-refractivity contribution is 0.505. The third kappa shape index (κ3) is 4.44. The monoisotopic (exact) mass is 346 g/mol. The van der Waals surface area contributed by atoms with Crippen LogP contribution in [0.3, 0.4) is 0 Å². The minimum absolute atomic E-state index is 0. The molecule has 1 fully saturated rings. The SMILES string of the molecule is CCC(C)(C)c1ccc(S(=O)(=O)NC(CN)C2CC2)cc1.Cl. The molecule has 0 aromatic heterocycles. The maximum Gasteiger partial charge on any atom is 0.240 e. The molecule has 1 aromatic rings. The van der Waals surface area contributed by atoms with Crippen LogP contribution < -0.4 is 10.5 Å². The van der Waals surface area contributed by atoms with Gasteiger partial charge < -0.3 is 5.73 Å². The lowest BCUT2D eigenvalue weighted by Crippen LogP contribution is -2.41. The highest BCUT2D eigenvalue weighted by molar-refractivity contribution is 7.89. The van der Waals surface area contributed by atoms with E-state index in [1.807, 2.05) is 12.1 Å². The molecule has 1 aliphatic carbocycles. The lowest BCUT2D eigenvalue weighted by Gasteiger charge is -2.23. The highest BCUT2D eigenvalue weighted by Gasteiger charge is 2.33. The van der Waals surface area contributed by atoms with Crippen molar-refractivity contribution in [2.75, 3.05) is 6.54 Å². The van der Waals surface area contributed by atoms with Gasteiger partial charge in [-0.15, -0.1) is 12.4 Å². The van der Waals surface area contributed by atoms with Crippen LogP contribution >= 0.6 is 12.4 Å². The number of halogens is 1. The molecule has 1 atom stereocenters. The number of rotatable bonds is 7. The van der Waals surface area contributed by atoms with Crippen molar-refractivity contribution in [2.45, 2.75) is 56.4 Å². The molecule has 1 aromatic carbocycles. The van der Waals surface area contributed by atoms with E-state index in [0.717, 1.165) is 24.8 Å². The van der Waals surface area contributed by atoms with E-state index in [4.69, 9.17) is 5.73 Å². The van der Waals surface area contributed by atoms with Gasteiger partial charge in [0.15, 0.2) is 0 Å². The van der Waals surface area contributed by atoms with Crippen LogP contribution in [0.25, 0.3) is 0 Å². The second-order valence-electron chi connectivity index (χ2n) is 6.56. The van der Waals surface area contributed by atoms with Gasteiger partial charge in [0.25, 0.3) is 0 Å². The van der Waals surface area contributed by atoms with E-state index in [1.165, 1.54) is 0 Å². The maximum absolute atomic E-state index is 12.4. The standard InChI is InChI=1S/C16H26N2O2S.ClH/c1-4-16(2,3)13-7-9-14(10-8-13)21(19,20)18-15(11-17)12-5-6-12;/h7-10,12,15,18H,4-6,11,17H2,1-3H3;1H. The summed E-state index contributed by atoms with van der Waals surface area (Å²) in [4.78, 5) is 0.317. The number of hydrogen-bond acceptors (Lipinski definition) is 3. The highest BCUT2D eigenvalue weighted by atomic mass is 35.5. The Hall–Kier alpha value is -0.620. The van der Waals surface area contributed by atoms with E-state index < -0.39 is 10.0 Å². The van der Waals surface area contributed by atoms with E-state index in [1.54, 1.807) is 12.1 Å². The molecule has 22 heavy (non-hydrogen) atoms. The zero-order chi connectivity index (χ0) is 15.7. The summed E-state index contributed by atoms with van der Waals surface area (Å²) >= 11 is 0. The lowest BCUT2D eigenvalue weighted by atomic mass is 9.82. The Bertz CT molecular complexity index is 581. The number of sulfonamides is 1. The summed E-state index contributed by atoms with van der Waals surface area (Å²) in [7, 11) is -3.48. The summed E-state index contributed by atoms with van der Waals surface area (Å²) in [5.41, 5.74) is 6.88. The quantitative estimate of drug-likeness (QED) is 0.797. The highest BCUT2D eigenvalue weighted by Crippen LogP contribution is 2.33. The Labute approximate surface area is 140 Å². The van der Waals surface area contributed by atoms with Crippen molar-refractivity contribution in [1.29, 1.82) is 0 Å². The van der Waals surface area contributed by atoms with Gasteiger partial charge in [-0.3, -0.25) is 0 Å². The molecule has 1 saturated carbocycles. The van der Waals surface area contributed by atoms with E-state index >= 15 is 0 Å². The largest absolute Gasteiger partial charge is 0.329 e. The average molecular weight is 347 g/mol. The van der Waals surface area contributed by atoms with Crippen molar-refractivity contribution in [3.63, 3.8) is 0 Å². The van der Waals surface area contributed by atoms with Crippen molar-refractivity contribution in [3.8, 4) is 0 Å². The first kappa shape index (κ1) is 19.4. The molecule has 0 bridgehead atoms. The first-order valence-electron chi connectivity index (χ1n) is 7.63. The summed E-state index contributed by atoms with van der Waals surface area (Å²) < 4.78 is 27.5. The molecular weight excluding hydrogens is 320 g/mol. The average Bonchev–Trinajstić information content (AvgIpc) is 3.29. The van der Waals surface area contributed by atoms with Crippen LogP contribution in [0.5, 0.6) is 0 Å². The second kappa shape index (κ2) is 7.30.